The molecule has 0 bridgehead atoms. The number of ketones is 1. The van der Waals surface area contributed by atoms with E-state index in [4.69, 9.17) is 0 Å². The second-order valence-electron chi connectivity index (χ2n) is 4.94. The Hall–Kier alpha value is -0.670. The van der Waals surface area contributed by atoms with Crippen molar-refractivity contribution in [1.29, 1.82) is 0 Å². The molecule has 1 fully saturated rings. The zero-order valence-electron chi connectivity index (χ0n) is 10.1. The largest absolute Gasteiger partial charge is 0.385 e. The second-order valence-corrected chi connectivity index (χ2v) is 5.72. The predicted octanol–water partition coefficient (Wildman–Crippen LogP) is 3.19. The molecule has 2 rings (SSSR count). The number of Topliss-reactive ketones (excluding diaryl/α,β-unsaturated/α-hetero) is 1. The Morgan fingerprint density at radius 2 is 2.18 bits per heavy atom. The molecular weight excluding hydrogens is 232 g/mol. The molecule has 1 heterocycles. The van der Waals surface area contributed by atoms with E-state index in [0.717, 1.165) is 19.3 Å². The van der Waals surface area contributed by atoms with Crippen molar-refractivity contribution in [2.24, 2.45) is 5.92 Å². The maximum absolute atomic E-state index is 11.9. The number of carbonyl (C=O) groups is 1. The fraction of sp³-hybridized carbons (Fsp3) is 0.643. The quantitative estimate of drug-likeness (QED) is 0.874. The average Bonchev–Trinajstić information content (AvgIpc) is 2.89. The van der Waals surface area contributed by atoms with Crippen LogP contribution < -0.4 is 0 Å². The van der Waals surface area contributed by atoms with Crippen LogP contribution in [-0.2, 0) is 11.2 Å². The number of aryl methyl sites for hydroxylation is 1. The highest BCUT2D eigenvalue weighted by molar-refractivity contribution is 7.07. The number of aliphatic hydroxyl groups is 1. The topological polar surface area (TPSA) is 37.3 Å². The number of aliphatic hydroxyl groups excluding tert-OH is 1. The van der Waals surface area contributed by atoms with Crippen molar-refractivity contribution in [2.75, 3.05) is 0 Å². The van der Waals surface area contributed by atoms with Crippen molar-refractivity contribution in [3.8, 4) is 0 Å². The minimum atomic E-state index is -0.714. The summed E-state index contributed by atoms with van der Waals surface area (Å²) >= 11 is 1.65. The highest BCUT2D eigenvalue weighted by Gasteiger charge is 2.26. The first-order valence-corrected chi connectivity index (χ1v) is 7.43. The Morgan fingerprint density at radius 1 is 1.41 bits per heavy atom. The van der Waals surface area contributed by atoms with Gasteiger partial charge in [-0.05, 0) is 47.6 Å². The molecule has 0 spiro atoms. The van der Waals surface area contributed by atoms with Crippen LogP contribution in [0.1, 0.15) is 44.1 Å². The lowest BCUT2D eigenvalue weighted by Crippen LogP contribution is -2.31. The minimum Gasteiger partial charge on any atom is -0.385 e. The van der Waals surface area contributed by atoms with Gasteiger partial charge in [0.25, 0.3) is 0 Å². The summed E-state index contributed by atoms with van der Waals surface area (Å²) in [7, 11) is 0. The van der Waals surface area contributed by atoms with Gasteiger partial charge in [0.2, 0.25) is 0 Å². The number of carbonyl (C=O) groups excluding carboxylic acids is 1. The molecule has 17 heavy (non-hydrogen) atoms. The van der Waals surface area contributed by atoms with Crippen molar-refractivity contribution in [3.63, 3.8) is 0 Å². The predicted molar refractivity (Wildman–Crippen MR) is 70.2 cm³/mol. The first-order valence-electron chi connectivity index (χ1n) is 6.49. The van der Waals surface area contributed by atoms with Gasteiger partial charge in [0.05, 0.1) is 0 Å². The summed E-state index contributed by atoms with van der Waals surface area (Å²) in [6, 6.07) is 2.05. The lowest BCUT2D eigenvalue weighted by molar-refractivity contribution is -0.130. The summed E-state index contributed by atoms with van der Waals surface area (Å²) in [5.74, 6) is 0.252. The summed E-state index contributed by atoms with van der Waals surface area (Å²) in [5.41, 5.74) is 1.21. The van der Waals surface area contributed by atoms with Gasteiger partial charge in [0.1, 0.15) is 6.10 Å². The van der Waals surface area contributed by atoms with E-state index in [1.54, 1.807) is 11.3 Å². The van der Waals surface area contributed by atoms with Gasteiger partial charge in [0, 0.05) is 6.42 Å². The molecule has 1 aliphatic rings. The number of hydrogen-bond donors (Lipinski definition) is 1. The highest BCUT2D eigenvalue weighted by Crippen LogP contribution is 2.27. The van der Waals surface area contributed by atoms with E-state index in [1.165, 1.54) is 24.8 Å². The van der Waals surface area contributed by atoms with Crippen molar-refractivity contribution < 1.29 is 9.90 Å². The normalized spacial score (nSPS) is 19.1. The minimum absolute atomic E-state index is 0.0306. The van der Waals surface area contributed by atoms with Crippen LogP contribution in [-0.4, -0.2) is 17.0 Å². The van der Waals surface area contributed by atoms with E-state index in [9.17, 15) is 9.90 Å². The van der Waals surface area contributed by atoms with Crippen LogP contribution in [0.25, 0.3) is 0 Å². The molecule has 1 unspecified atom stereocenters. The first-order chi connectivity index (χ1) is 8.27. The average molecular weight is 252 g/mol. The Bertz CT molecular complexity index is 339. The smallest absolute Gasteiger partial charge is 0.161 e. The fourth-order valence-corrected chi connectivity index (χ4v) is 3.27. The molecule has 2 nitrogen and oxygen atoms in total. The van der Waals surface area contributed by atoms with E-state index in [2.05, 4.69) is 5.38 Å². The van der Waals surface area contributed by atoms with Crippen molar-refractivity contribution in [2.45, 2.75) is 51.0 Å². The first kappa shape index (κ1) is 12.8. The lowest BCUT2D eigenvalue weighted by Gasteiger charge is -2.25. The molecule has 0 radical (unpaired) electrons. The Labute approximate surface area is 107 Å². The molecule has 0 aromatic carbocycles. The van der Waals surface area contributed by atoms with E-state index >= 15 is 0 Å². The maximum Gasteiger partial charge on any atom is 0.161 e. The van der Waals surface area contributed by atoms with Crippen molar-refractivity contribution >= 4 is 17.1 Å². The number of hydrogen-bond acceptors (Lipinski definition) is 3. The van der Waals surface area contributed by atoms with Crippen LogP contribution in [0.3, 0.4) is 0 Å². The van der Waals surface area contributed by atoms with E-state index < -0.39 is 6.10 Å². The van der Waals surface area contributed by atoms with Gasteiger partial charge in [-0.15, -0.1) is 0 Å². The van der Waals surface area contributed by atoms with Gasteiger partial charge in [-0.1, -0.05) is 19.3 Å². The SMILES string of the molecule is O=C(CCc1ccsc1)C(O)C1CCCCC1. The molecule has 1 saturated carbocycles. The molecule has 1 N–H and O–H groups in total. The van der Waals surface area contributed by atoms with Crippen LogP contribution in [0.15, 0.2) is 16.8 Å². The molecule has 0 aliphatic heterocycles. The van der Waals surface area contributed by atoms with Crippen LogP contribution in [0.4, 0.5) is 0 Å². The Morgan fingerprint density at radius 3 is 2.82 bits per heavy atom. The lowest BCUT2D eigenvalue weighted by atomic mass is 9.83. The van der Waals surface area contributed by atoms with Crippen molar-refractivity contribution in [1.82, 2.24) is 0 Å². The van der Waals surface area contributed by atoms with Gasteiger partial charge in [0.15, 0.2) is 5.78 Å². The van der Waals surface area contributed by atoms with Crippen LogP contribution in [0, 0.1) is 5.92 Å². The molecule has 1 atom stereocenters. The van der Waals surface area contributed by atoms with Gasteiger partial charge < -0.3 is 5.11 Å². The van der Waals surface area contributed by atoms with Gasteiger partial charge in [-0.3, -0.25) is 4.79 Å². The number of rotatable bonds is 5. The van der Waals surface area contributed by atoms with Crippen molar-refractivity contribution in [3.05, 3.63) is 22.4 Å². The van der Waals surface area contributed by atoms with Gasteiger partial charge in [-0.2, -0.15) is 11.3 Å². The van der Waals surface area contributed by atoms with Gasteiger partial charge >= 0.3 is 0 Å². The van der Waals surface area contributed by atoms with E-state index in [1.807, 2.05) is 11.4 Å². The number of thiophene rings is 1. The third-order valence-electron chi connectivity index (χ3n) is 3.67. The zero-order valence-corrected chi connectivity index (χ0v) is 10.9. The summed E-state index contributed by atoms with van der Waals surface area (Å²) in [6.45, 7) is 0. The van der Waals surface area contributed by atoms with E-state index in [-0.39, 0.29) is 11.7 Å². The summed E-state index contributed by atoms with van der Waals surface area (Å²) < 4.78 is 0. The maximum atomic E-state index is 11.9. The molecule has 0 amide bonds. The highest BCUT2D eigenvalue weighted by atomic mass is 32.1. The van der Waals surface area contributed by atoms with Gasteiger partial charge in [-0.25, -0.2) is 0 Å². The van der Waals surface area contributed by atoms with Crippen LogP contribution >= 0.6 is 11.3 Å². The second kappa shape index (κ2) is 6.31. The molecular formula is C14H20O2S. The third kappa shape index (κ3) is 3.65. The summed E-state index contributed by atoms with van der Waals surface area (Å²) in [5, 5.41) is 14.1. The Kier molecular flexibility index (Phi) is 4.75. The summed E-state index contributed by atoms with van der Waals surface area (Å²) in [4.78, 5) is 11.9. The molecule has 1 aromatic heterocycles. The molecule has 94 valence electrons. The van der Waals surface area contributed by atoms with E-state index in [0.29, 0.717) is 6.42 Å². The molecule has 1 aromatic rings. The zero-order chi connectivity index (χ0) is 12.1. The van der Waals surface area contributed by atoms with Crippen LogP contribution in [0.2, 0.25) is 0 Å². The fourth-order valence-electron chi connectivity index (χ4n) is 2.56. The summed E-state index contributed by atoms with van der Waals surface area (Å²) in [6.07, 6.45) is 6.16. The standard InChI is InChI=1S/C14H20O2S/c15-13(7-6-11-8-9-17-10-11)14(16)12-4-2-1-3-5-12/h8-10,12,14,16H,1-7H2. The molecule has 0 saturated heterocycles. The molecule has 3 heteroatoms. The van der Waals surface area contributed by atoms with Crippen LogP contribution in [0.5, 0.6) is 0 Å². The molecule has 1 aliphatic carbocycles. The third-order valence-corrected chi connectivity index (χ3v) is 4.40. The monoisotopic (exact) mass is 252 g/mol. The Balaban J connectivity index is 1.78.